The van der Waals surface area contributed by atoms with Gasteiger partial charge in [0.05, 0.1) is 25.6 Å². The summed E-state index contributed by atoms with van der Waals surface area (Å²) in [5, 5.41) is 2.86. The van der Waals surface area contributed by atoms with E-state index in [9.17, 15) is 9.36 Å². The molecule has 2 heterocycles. The van der Waals surface area contributed by atoms with E-state index in [1.165, 1.54) is 89.8 Å². The van der Waals surface area contributed by atoms with Gasteiger partial charge < -0.3 is 29.0 Å². The van der Waals surface area contributed by atoms with Crippen LogP contribution in [0.1, 0.15) is 138 Å². The molecular formula is C35H65N6O6P. The molecule has 276 valence electrons. The van der Waals surface area contributed by atoms with Crippen LogP contribution in [-0.2, 0) is 34.6 Å². The van der Waals surface area contributed by atoms with Gasteiger partial charge in [0.2, 0.25) is 0 Å². The number of rotatable bonds is 28. The Bertz CT molecular complexity index is 1210. The molecule has 0 aliphatic carbocycles. The summed E-state index contributed by atoms with van der Waals surface area (Å²) in [6, 6.07) is -0.859. The number of anilines is 1. The number of ether oxygens (including phenoxy) is 3. The molecule has 13 heteroatoms. The van der Waals surface area contributed by atoms with Crippen molar-refractivity contribution in [1.29, 1.82) is 0 Å². The predicted octanol–water partition coefficient (Wildman–Crippen LogP) is 8.19. The number of carbonyl (C=O) groups excluding carboxylic acids is 1. The summed E-state index contributed by atoms with van der Waals surface area (Å²) < 4.78 is 38.8. The van der Waals surface area contributed by atoms with E-state index in [4.69, 9.17) is 24.5 Å². The Labute approximate surface area is 289 Å². The number of unbranched alkanes of at least 4 members (excludes halogenated alkanes) is 13. The SMILES string of the molecule is CCCCCCCCCCCCCCCCOCCCOP(=O)(CO[C@H](C)Cn1cnc2c(N)ncnc21)N[C@@H](C)C(=O)OC(C)(C)C. The monoisotopic (exact) mass is 696 g/mol. The number of fused-ring (bicyclic) bond motifs is 1. The molecule has 2 rings (SSSR count). The molecule has 0 saturated carbocycles. The Morgan fingerprint density at radius 2 is 1.46 bits per heavy atom. The van der Waals surface area contributed by atoms with Gasteiger partial charge in [-0.25, -0.2) is 20.0 Å². The van der Waals surface area contributed by atoms with Gasteiger partial charge in [-0.3, -0.25) is 9.36 Å². The van der Waals surface area contributed by atoms with Gasteiger partial charge in [-0.2, -0.15) is 0 Å². The molecule has 48 heavy (non-hydrogen) atoms. The van der Waals surface area contributed by atoms with Crippen molar-refractivity contribution in [1.82, 2.24) is 24.6 Å². The molecule has 2 aromatic rings. The van der Waals surface area contributed by atoms with E-state index in [-0.39, 0.29) is 19.1 Å². The maximum Gasteiger partial charge on any atom is 0.323 e. The number of hydrogen-bond acceptors (Lipinski definition) is 10. The normalized spacial score (nSPS) is 14.6. The minimum atomic E-state index is -3.59. The summed E-state index contributed by atoms with van der Waals surface area (Å²) in [6.45, 7) is 12.9. The smallest absolute Gasteiger partial charge is 0.323 e. The summed E-state index contributed by atoms with van der Waals surface area (Å²) in [7, 11) is -3.59. The van der Waals surface area contributed by atoms with E-state index >= 15 is 0 Å². The molecule has 0 saturated heterocycles. The predicted molar refractivity (Wildman–Crippen MR) is 193 cm³/mol. The maximum absolute atomic E-state index is 13.9. The van der Waals surface area contributed by atoms with Crippen LogP contribution < -0.4 is 10.8 Å². The molecule has 0 bridgehead atoms. The largest absolute Gasteiger partial charge is 0.459 e. The number of carbonyl (C=O) groups is 1. The van der Waals surface area contributed by atoms with Crippen molar-refractivity contribution in [2.45, 2.75) is 162 Å². The lowest BCUT2D eigenvalue weighted by atomic mass is 10.0. The van der Waals surface area contributed by atoms with E-state index in [0.29, 0.717) is 43.2 Å². The second kappa shape index (κ2) is 23.3. The minimum Gasteiger partial charge on any atom is -0.459 e. The van der Waals surface area contributed by atoms with E-state index in [1.807, 2.05) is 6.92 Å². The molecule has 0 aliphatic rings. The minimum absolute atomic E-state index is 0.199. The van der Waals surface area contributed by atoms with Crippen molar-refractivity contribution in [3.8, 4) is 0 Å². The van der Waals surface area contributed by atoms with Gasteiger partial charge in [0.1, 0.15) is 29.8 Å². The Morgan fingerprint density at radius 1 is 0.875 bits per heavy atom. The first kappa shape index (κ1) is 42.1. The van der Waals surface area contributed by atoms with Gasteiger partial charge in [-0.15, -0.1) is 0 Å². The molecule has 2 aromatic heterocycles. The summed E-state index contributed by atoms with van der Waals surface area (Å²) in [5.74, 6) is -0.216. The third-order valence-electron chi connectivity index (χ3n) is 7.94. The zero-order valence-electron chi connectivity index (χ0n) is 30.7. The molecular weight excluding hydrogens is 631 g/mol. The van der Waals surface area contributed by atoms with Crippen LogP contribution in [0.15, 0.2) is 12.7 Å². The van der Waals surface area contributed by atoms with Crippen LogP contribution in [0, 0.1) is 0 Å². The highest BCUT2D eigenvalue weighted by Crippen LogP contribution is 2.43. The van der Waals surface area contributed by atoms with Gasteiger partial charge in [0, 0.05) is 13.2 Å². The molecule has 0 amide bonds. The summed E-state index contributed by atoms with van der Waals surface area (Å²) in [6.07, 6.45) is 21.5. The Balaban J connectivity index is 1.67. The van der Waals surface area contributed by atoms with Crippen molar-refractivity contribution in [3.63, 3.8) is 0 Å². The number of nitrogens with two attached hydrogens (primary N) is 1. The van der Waals surface area contributed by atoms with Crippen LogP contribution in [0.2, 0.25) is 0 Å². The fourth-order valence-electron chi connectivity index (χ4n) is 5.31. The zero-order chi connectivity index (χ0) is 35.3. The summed E-state index contributed by atoms with van der Waals surface area (Å²) in [4.78, 5) is 25.1. The van der Waals surface area contributed by atoms with Crippen LogP contribution in [-0.4, -0.2) is 69.4 Å². The quantitative estimate of drug-likeness (QED) is 0.0503. The van der Waals surface area contributed by atoms with Crippen LogP contribution in [0.4, 0.5) is 5.82 Å². The van der Waals surface area contributed by atoms with Gasteiger partial charge in [0.15, 0.2) is 11.5 Å². The highest BCUT2D eigenvalue weighted by Gasteiger charge is 2.32. The van der Waals surface area contributed by atoms with E-state index in [2.05, 4.69) is 27.0 Å². The van der Waals surface area contributed by atoms with Gasteiger partial charge in [-0.05, 0) is 47.5 Å². The lowest BCUT2D eigenvalue weighted by Gasteiger charge is -2.27. The van der Waals surface area contributed by atoms with E-state index < -0.39 is 25.1 Å². The van der Waals surface area contributed by atoms with Crippen molar-refractivity contribution in [3.05, 3.63) is 12.7 Å². The highest BCUT2D eigenvalue weighted by molar-refractivity contribution is 7.56. The average molecular weight is 697 g/mol. The standard InChI is InChI=1S/C35H65N6O6P/c1-7-8-9-10-11-12-13-14-15-16-17-18-19-20-22-44-23-21-24-46-48(43,40-30(3)34(42)47-35(4,5)6)28-45-29(2)25-41-27-39-31-32(36)37-26-38-33(31)41/h26-27,29-30H,7-25,28H2,1-6H3,(H,40,43)(H2,36,37,38)/t29-,30+,48?/m1/s1. The van der Waals surface area contributed by atoms with Crippen molar-refractivity contribution >= 4 is 30.5 Å². The van der Waals surface area contributed by atoms with Crippen molar-refractivity contribution in [2.24, 2.45) is 0 Å². The highest BCUT2D eigenvalue weighted by atomic mass is 31.2. The lowest BCUT2D eigenvalue weighted by molar-refractivity contribution is -0.156. The first-order valence-corrected chi connectivity index (χ1v) is 20.1. The first-order chi connectivity index (χ1) is 22.9. The fraction of sp³-hybridized carbons (Fsp3) is 0.829. The second-order valence-electron chi connectivity index (χ2n) is 13.9. The fourth-order valence-corrected chi connectivity index (χ4v) is 7.10. The molecule has 3 N–H and O–H groups in total. The number of hydrogen-bond donors (Lipinski definition) is 2. The van der Waals surface area contributed by atoms with Crippen molar-refractivity contribution < 1.29 is 28.1 Å². The molecule has 0 spiro atoms. The first-order valence-electron chi connectivity index (χ1n) is 18.3. The van der Waals surface area contributed by atoms with Crippen molar-refractivity contribution in [2.75, 3.05) is 31.9 Å². The Hall–Kier alpha value is -2.11. The van der Waals surface area contributed by atoms with Gasteiger partial charge >= 0.3 is 5.97 Å². The number of esters is 1. The number of aromatic nitrogens is 4. The van der Waals surface area contributed by atoms with Gasteiger partial charge in [-0.1, -0.05) is 90.4 Å². The van der Waals surface area contributed by atoms with Crippen LogP contribution in [0.25, 0.3) is 11.2 Å². The number of nitrogens with one attached hydrogen (secondary N) is 1. The number of imidazole rings is 1. The molecule has 0 aliphatic heterocycles. The zero-order valence-corrected chi connectivity index (χ0v) is 31.6. The summed E-state index contributed by atoms with van der Waals surface area (Å²) >= 11 is 0. The van der Waals surface area contributed by atoms with E-state index in [1.54, 1.807) is 38.6 Å². The van der Waals surface area contributed by atoms with Gasteiger partial charge in [0.25, 0.3) is 7.52 Å². The molecule has 0 radical (unpaired) electrons. The van der Waals surface area contributed by atoms with Crippen LogP contribution >= 0.6 is 7.52 Å². The topological polar surface area (TPSA) is 153 Å². The lowest BCUT2D eigenvalue weighted by Crippen LogP contribution is -2.39. The molecule has 0 aromatic carbocycles. The molecule has 1 unspecified atom stereocenters. The molecule has 0 fully saturated rings. The number of nitrogen functional groups attached to an aromatic ring is 1. The second-order valence-corrected chi connectivity index (χ2v) is 16.0. The Kier molecular flexibility index (Phi) is 20.4. The summed E-state index contributed by atoms with van der Waals surface area (Å²) in [5.41, 5.74) is 6.33. The third-order valence-corrected chi connectivity index (χ3v) is 9.81. The average Bonchev–Trinajstić information content (AvgIpc) is 3.44. The van der Waals surface area contributed by atoms with Crippen LogP contribution in [0.5, 0.6) is 0 Å². The molecule has 3 atom stereocenters. The molecule has 12 nitrogen and oxygen atoms in total. The Morgan fingerprint density at radius 3 is 2.06 bits per heavy atom. The van der Waals surface area contributed by atoms with Crippen LogP contribution in [0.3, 0.4) is 0 Å². The maximum atomic E-state index is 13.9. The van der Waals surface area contributed by atoms with E-state index in [0.717, 1.165) is 6.42 Å². The third kappa shape index (κ3) is 18.0. The number of nitrogens with zero attached hydrogens (tertiary/aromatic N) is 4.